The number of aryl methyl sites for hydroxylation is 1. The van der Waals surface area contributed by atoms with Crippen molar-refractivity contribution in [3.8, 4) is 23.2 Å². The SMILES string of the molecule is Cn1ncc(-c2cc(OC3CN(C(=O)N4N=CC[C@H]4c4cc(F)cc(C#N)c4)C3)c(F)cn2)n1. The molecule has 34 heavy (non-hydrogen) atoms. The molecule has 0 bridgehead atoms. The molecule has 2 aliphatic heterocycles. The second-order valence-corrected chi connectivity index (χ2v) is 7.93. The van der Waals surface area contributed by atoms with E-state index in [-0.39, 0.29) is 30.4 Å². The van der Waals surface area contributed by atoms with E-state index in [2.05, 4.69) is 20.3 Å². The monoisotopic (exact) mass is 464 g/mol. The number of amides is 2. The normalized spacial score (nSPS) is 17.5. The van der Waals surface area contributed by atoms with Gasteiger partial charge >= 0.3 is 6.03 Å². The lowest BCUT2D eigenvalue weighted by atomic mass is 10.0. The Bertz CT molecular complexity index is 1330. The van der Waals surface area contributed by atoms with E-state index >= 15 is 0 Å². The van der Waals surface area contributed by atoms with Crippen LogP contribution in [-0.2, 0) is 7.05 Å². The van der Waals surface area contributed by atoms with Crippen molar-refractivity contribution in [2.75, 3.05) is 13.1 Å². The highest BCUT2D eigenvalue weighted by molar-refractivity contribution is 5.79. The van der Waals surface area contributed by atoms with Crippen molar-refractivity contribution in [2.45, 2.75) is 18.6 Å². The molecule has 0 saturated carbocycles. The average Bonchev–Trinajstić information content (AvgIpc) is 3.45. The number of pyridine rings is 1. The number of carbonyl (C=O) groups is 1. The quantitative estimate of drug-likeness (QED) is 0.587. The van der Waals surface area contributed by atoms with Gasteiger partial charge in [-0.1, -0.05) is 0 Å². The summed E-state index contributed by atoms with van der Waals surface area (Å²) in [7, 11) is 1.66. The molecule has 2 aromatic heterocycles. The number of urea groups is 1. The van der Waals surface area contributed by atoms with Gasteiger partial charge in [0, 0.05) is 25.7 Å². The maximum Gasteiger partial charge on any atom is 0.341 e. The Morgan fingerprint density at radius 1 is 1.18 bits per heavy atom. The first-order valence-electron chi connectivity index (χ1n) is 10.4. The molecule has 0 unspecified atom stereocenters. The van der Waals surface area contributed by atoms with Crippen molar-refractivity contribution in [3.05, 3.63) is 59.4 Å². The van der Waals surface area contributed by atoms with Crippen molar-refractivity contribution in [2.24, 2.45) is 12.1 Å². The van der Waals surface area contributed by atoms with Crippen molar-refractivity contribution in [3.63, 3.8) is 0 Å². The standard InChI is InChI=1S/C22H18F2N8O2/c1-30-28-10-19(29-30)18-7-21(17(24)9-26-18)34-16-11-31(12-16)22(33)32-20(2-3-27-32)14-4-13(8-25)5-15(23)6-14/h3-7,9-10,16,20H,2,11-12H2,1H3/t20-/m0/s1. The number of halogens is 2. The van der Waals surface area contributed by atoms with Crippen LogP contribution in [0.5, 0.6) is 5.75 Å². The van der Waals surface area contributed by atoms with E-state index in [0.29, 0.717) is 23.4 Å². The second kappa shape index (κ2) is 8.51. The molecule has 0 spiro atoms. The summed E-state index contributed by atoms with van der Waals surface area (Å²) in [6.07, 6.45) is 4.13. The number of aromatic nitrogens is 4. The van der Waals surface area contributed by atoms with E-state index in [4.69, 9.17) is 10.00 Å². The minimum absolute atomic E-state index is 0.00798. The summed E-state index contributed by atoms with van der Waals surface area (Å²) in [5.74, 6) is -1.17. The van der Waals surface area contributed by atoms with E-state index in [1.807, 2.05) is 6.07 Å². The third-order valence-corrected chi connectivity index (χ3v) is 5.55. The van der Waals surface area contributed by atoms with Crippen LogP contribution in [0.15, 0.2) is 41.8 Å². The molecule has 5 rings (SSSR count). The summed E-state index contributed by atoms with van der Waals surface area (Å²) in [4.78, 5) is 19.9. The van der Waals surface area contributed by atoms with Crippen LogP contribution in [0.1, 0.15) is 23.6 Å². The fourth-order valence-corrected chi connectivity index (χ4v) is 3.85. The van der Waals surface area contributed by atoms with Gasteiger partial charge in [-0.25, -0.2) is 18.6 Å². The predicted molar refractivity (Wildman–Crippen MR) is 114 cm³/mol. The number of benzene rings is 1. The van der Waals surface area contributed by atoms with Gasteiger partial charge in [0.2, 0.25) is 0 Å². The highest BCUT2D eigenvalue weighted by Crippen LogP contribution is 2.32. The Hall–Kier alpha value is -4.40. The zero-order valence-electron chi connectivity index (χ0n) is 18.0. The van der Waals surface area contributed by atoms with Crippen LogP contribution in [-0.4, -0.2) is 61.3 Å². The third kappa shape index (κ3) is 4.03. The topological polar surface area (TPSA) is 113 Å². The van der Waals surface area contributed by atoms with Gasteiger partial charge in [0.15, 0.2) is 11.6 Å². The molecule has 4 heterocycles. The molecule has 1 fully saturated rings. The van der Waals surface area contributed by atoms with Gasteiger partial charge in [0.1, 0.15) is 17.6 Å². The Balaban J connectivity index is 1.24. The highest BCUT2D eigenvalue weighted by Gasteiger charge is 2.39. The van der Waals surface area contributed by atoms with Crippen molar-refractivity contribution < 1.29 is 18.3 Å². The lowest BCUT2D eigenvalue weighted by Crippen LogP contribution is -2.58. The molecular weight excluding hydrogens is 446 g/mol. The van der Waals surface area contributed by atoms with E-state index in [0.717, 1.165) is 12.3 Å². The average molecular weight is 464 g/mol. The fraction of sp³-hybridized carbons (Fsp3) is 0.273. The van der Waals surface area contributed by atoms with Crippen LogP contribution in [0.25, 0.3) is 11.4 Å². The summed E-state index contributed by atoms with van der Waals surface area (Å²) in [5.41, 5.74) is 1.56. The number of rotatable bonds is 4. The molecule has 3 aromatic rings. The number of nitrogens with zero attached hydrogens (tertiary/aromatic N) is 8. The first-order chi connectivity index (χ1) is 16.4. The van der Waals surface area contributed by atoms with Gasteiger partial charge in [-0.3, -0.25) is 4.98 Å². The van der Waals surface area contributed by atoms with E-state index < -0.39 is 23.8 Å². The Labute approximate surface area is 192 Å². The largest absolute Gasteiger partial charge is 0.483 e. The zero-order valence-corrected chi connectivity index (χ0v) is 18.0. The summed E-state index contributed by atoms with van der Waals surface area (Å²) >= 11 is 0. The van der Waals surface area contributed by atoms with Gasteiger partial charge in [0.05, 0.1) is 48.9 Å². The Morgan fingerprint density at radius 2 is 2.00 bits per heavy atom. The number of hydrazone groups is 1. The molecule has 172 valence electrons. The summed E-state index contributed by atoms with van der Waals surface area (Å²) in [5, 5.41) is 22.6. The number of likely N-dealkylation sites (tertiary alicyclic amines) is 1. The van der Waals surface area contributed by atoms with Gasteiger partial charge in [0.25, 0.3) is 0 Å². The lowest BCUT2D eigenvalue weighted by Gasteiger charge is -2.41. The number of nitriles is 1. The van der Waals surface area contributed by atoms with Crippen LogP contribution in [0, 0.1) is 23.0 Å². The highest BCUT2D eigenvalue weighted by atomic mass is 19.1. The molecular formula is C22H18F2N8O2. The first kappa shape index (κ1) is 21.4. The number of hydrogen-bond acceptors (Lipinski definition) is 7. The molecule has 2 amide bonds. The fourth-order valence-electron chi connectivity index (χ4n) is 3.85. The molecule has 1 atom stereocenters. The smallest absolute Gasteiger partial charge is 0.341 e. The van der Waals surface area contributed by atoms with Crippen LogP contribution in [0.4, 0.5) is 13.6 Å². The van der Waals surface area contributed by atoms with Crippen LogP contribution in [0.3, 0.4) is 0 Å². The lowest BCUT2D eigenvalue weighted by molar-refractivity contribution is 0.0257. The first-order valence-corrected chi connectivity index (χ1v) is 10.4. The minimum atomic E-state index is -0.624. The Kier molecular flexibility index (Phi) is 5.37. The van der Waals surface area contributed by atoms with Crippen molar-refractivity contribution >= 4 is 12.2 Å². The zero-order chi connectivity index (χ0) is 23.8. The molecule has 0 aliphatic carbocycles. The molecule has 12 heteroatoms. The van der Waals surface area contributed by atoms with Gasteiger partial charge < -0.3 is 9.64 Å². The molecule has 1 saturated heterocycles. The van der Waals surface area contributed by atoms with Crippen LogP contribution in [0.2, 0.25) is 0 Å². The molecule has 1 aromatic carbocycles. The maximum atomic E-state index is 14.3. The van der Waals surface area contributed by atoms with Crippen molar-refractivity contribution in [1.29, 1.82) is 5.26 Å². The molecule has 2 aliphatic rings. The molecule has 0 radical (unpaired) electrons. The third-order valence-electron chi connectivity index (χ3n) is 5.55. The van der Waals surface area contributed by atoms with Crippen LogP contribution >= 0.6 is 0 Å². The van der Waals surface area contributed by atoms with Gasteiger partial charge in [-0.05, 0) is 23.8 Å². The van der Waals surface area contributed by atoms with E-state index in [1.54, 1.807) is 19.3 Å². The Morgan fingerprint density at radius 3 is 2.74 bits per heavy atom. The predicted octanol–water partition coefficient (Wildman–Crippen LogP) is 2.64. The van der Waals surface area contributed by atoms with E-state index in [1.165, 1.54) is 33.0 Å². The summed E-state index contributed by atoms with van der Waals surface area (Å²) < 4.78 is 33.9. The summed E-state index contributed by atoms with van der Waals surface area (Å²) in [6, 6.07) is 6.45. The van der Waals surface area contributed by atoms with Crippen molar-refractivity contribution in [1.82, 2.24) is 29.9 Å². The number of ether oxygens (including phenoxy) is 1. The second-order valence-electron chi connectivity index (χ2n) is 7.93. The summed E-state index contributed by atoms with van der Waals surface area (Å²) in [6.45, 7) is 0.457. The molecule has 0 N–H and O–H groups in total. The van der Waals surface area contributed by atoms with Gasteiger partial charge in [-0.2, -0.15) is 25.4 Å². The minimum Gasteiger partial charge on any atom is -0.483 e. The maximum absolute atomic E-state index is 14.3. The van der Waals surface area contributed by atoms with Crippen LogP contribution < -0.4 is 4.74 Å². The van der Waals surface area contributed by atoms with E-state index in [9.17, 15) is 13.6 Å². The number of hydrogen-bond donors (Lipinski definition) is 0. The number of carbonyl (C=O) groups excluding carboxylic acids is 1. The molecule has 10 nitrogen and oxygen atoms in total. The van der Waals surface area contributed by atoms with Gasteiger partial charge in [-0.15, -0.1) is 0 Å².